The van der Waals surface area contributed by atoms with Gasteiger partial charge in [0.25, 0.3) is 0 Å². The molecular formula is C25H32N2O5S. The summed E-state index contributed by atoms with van der Waals surface area (Å²) in [6.07, 6.45) is 0.925. The Morgan fingerprint density at radius 2 is 1.58 bits per heavy atom. The van der Waals surface area contributed by atoms with Gasteiger partial charge in [-0.25, -0.2) is 8.42 Å². The summed E-state index contributed by atoms with van der Waals surface area (Å²) in [6.45, 7) is 6.12. The first-order valence-electron chi connectivity index (χ1n) is 11.2. The summed E-state index contributed by atoms with van der Waals surface area (Å²) in [5, 5.41) is 3.16. The number of piperidine rings is 1. The molecule has 33 heavy (non-hydrogen) atoms. The molecule has 1 atom stereocenters. The van der Waals surface area contributed by atoms with E-state index in [1.165, 1.54) is 35.5 Å². The fraction of sp³-hybridized carbons (Fsp3) is 0.440. The highest BCUT2D eigenvalue weighted by Crippen LogP contribution is 2.28. The predicted molar refractivity (Wildman–Crippen MR) is 127 cm³/mol. The molecule has 178 valence electrons. The standard InChI is InChI=1S/C25H32N2O5S/c1-17(2)24(20-5-9-22(32-4)10-6-20)26-25(29)21-13-15-27(16-14-21)33(30,31)23-11-7-19(8-12-23)18(3)28/h5-12,17,21,24H,13-16H2,1-4H3,(H,26,29). The van der Waals surface area contributed by atoms with Crippen molar-refractivity contribution in [1.29, 1.82) is 0 Å². The third kappa shape index (κ3) is 5.81. The minimum atomic E-state index is -3.66. The zero-order chi connectivity index (χ0) is 24.2. The van der Waals surface area contributed by atoms with E-state index in [-0.39, 0.29) is 47.6 Å². The van der Waals surface area contributed by atoms with Gasteiger partial charge in [-0.1, -0.05) is 38.1 Å². The summed E-state index contributed by atoms with van der Waals surface area (Å²) in [6, 6.07) is 13.5. The largest absolute Gasteiger partial charge is 0.497 e. The topological polar surface area (TPSA) is 92.8 Å². The van der Waals surface area contributed by atoms with Crippen molar-refractivity contribution >= 4 is 21.7 Å². The number of amides is 1. The van der Waals surface area contributed by atoms with Crippen LogP contribution in [0.3, 0.4) is 0 Å². The van der Waals surface area contributed by atoms with Crippen molar-refractivity contribution in [2.24, 2.45) is 11.8 Å². The fourth-order valence-corrected chi connectivity index (χ4v) is 5.56. The molecule has 0 saturated carbocycles. The van der Waals surface area contributed by atoms with Crippen LogP contribution in [-0.4, -0.2) is 44.6 Å². The van der Waals surface area contributed by atoms with Crippen molar-refractivity contribution < 1.29 is 22.7 Å². The number of ketones is 1. The van der Waals surface area contributed by atoms with E-state index in [0.717, 1.165) is 11.3 Å². The number of rotatable bonds is 8. The van der Waals surface area contributed by atoms with Crippen LogP contribution in [0.15, 0.2) is 53.4 Å². The summed E-state index contributed by atoms with van der Waals surface area (Å²) in [5.41, 5.74) is 1.48. The van der Waals surface area contributed by atoms with Crippen LogP contribution in [0.5, 0.6) is 5.75 Å². The molecule has 8 heteroatoms. The summed E-state index contributed by atoms with van der Waals surface area (Å²) in [5.74, 6) is 0.557. The van der Waals surface area contributed by atoms with Gasteiger partial charge < -0.3 is 10.1 Å². The maximum atomic E-state index is 13.0. The SMILES string of the molecule is COc1ccc(C(NC(=O)C2CCN(S(=O)(=O)c3ccc(C(C)=O)cc3)CC2)C(C)C)cc1. The third-order valence-corrected chi connectivity index (χ3v) is 8.08. The van der Waals surface area contributed by atoms with Crippen LogP contribution in [0.4, 0.5) is 0 Å². The monoisotopic (exact) mass is 472 g/mol. The number of carbonyl (C=O) groups excluding carboxylic acids is 2. The maximum absolute atomic E-state index is 13.0. The van der Waals surface area contributed by atoms with Crippen LogP contribution in [-0.2, 0) is 14.8 Å². The van der Waals surface area contributed by atoms with E-state index >= 15 is 0 Å². The highest BCUT2D eigenvalue weighted by atomic mass is 32.2. The molecule has 1 aliphatic rings. The van der Waals surface area contributed by atoms with E-state index in [2.05, 4.69) is 19.2 Å². The molecule has 0 bridgehead atoms. The molecule has 0 radical (unpaired) electrons. The number of hydrogen-bond donors (Lipinski definition) is 1. The number of benzene rings is 2. The van der Waals surface area contributed by atoms with Crippen molar-refractivity contribution in [3.8, 4) is 5.75 Å². The molecule has 1 N–H and O–H groups in total. The Morgan fingerprint density at radius 3 is 2.06 bits per heavy atom. The molecular weight excluding hydrogens is 440 g/mol. The van der Waals surface area contributed by atoms with Gasteiger partial charge in [-0.3, -0.25) is 9.59 Å². The number of sulfonamides is 1. The molecule has 1 fully saturated rings. The highest BCUT2D eigenvalue weighted by Gasteiger charge is 2.33. The van der Waals surface area contributed by atoms with E-state index in [1.807, 2.05) is 24.3 Å². The third-order valence-electron chi connectivity index (χ3n) is 6.16. The molecule has 2 aromatic rings. The molecule has 2 aromatic carbocycles. The molecule has 1 heterocycles. The first kappa shape index (κ1) is 24.9. The smallest absolute Gasteiger partial charge is 0.243 e. The zero-order valence-corrected chi connectivity index (χ0v) is 20.4. The van der Waals surface area contributed by atoms with Crippen molar-refractivity contribution in [3.63, 3.8) is 0 Å². The molecule has 7 nitrogen and oxygen atoms in total. The van der Waals surface area contributed by atoms with Crippen LogP contribution in [0.25, 0.3) is 0 Å². The lowest BCUT2D eigenvalue weighted by atomic mass is 9.92. The van der Waals surface area contributed by atoms with E-state index in [0.29, 0.717) is 18.4 Å². The lowest BCUT2D eigenvalue weighted by Crippen LogP contribution is -2.44. The number of hydrogen-bond acceptors (Lipinski definition) is 5. The lowest BCUT2D eigenvalue weighted by Gasteiger charge is -2.32. The fourth-order valence-electron chi connectivity index (χ4n) is 4.09. The zero-order valence-electron chi connectivity index (χ0n) is 19.6. The van der Waals surface area contributed by atoms with Gasteiger partial charge >= 0.3 is 0 Å². The van der Waals surface area contributed by atoms with Crippen LogP contribution in [0.2, 0.25) is 0 Å². The van der Waals surface area contributed by atoms with Gasteiger partial charge in [-0.15, -0.1) is 0 Å². The predicted octanol–water partition coefficient (Wildman–Crippen LogP) is 3.81. The lowest BCUT2D eigenvalue weighted by molar-refractivity contribution is -0.127. The summed E-state index contributed by atoms with van der Waals surface area (Å²) < 4.78 is 32.6. The van der Waals surface area contributed by atoms with E-state index in [4.69, 9.17) is 4.74 Å². The normalized spacial score (nSPS) is 16.4. The van der Waals surface area contributed by atoms with Gasteiger partial charge in [0.1, 0.15) is 5.75 Å². The average Bonchev–Trinajstić information content (AvgIpc) is 2.82. The number of ether oxygens (including phenoxy) is 1. The number of nitrogens with one attached hydrogen (secondary N) is 1. The first-order chi connectivity index (χ1) is 15.6. The highest BCUT2D eigenvalue weighted by molar-refractivity contribution is 7.89. The van der Waals surface area contributed by atoms with Gasteiger partial charge in [0.05, 0.1) is 18.0 Å². The second-order valence-electron chi connectivity index (χ2n) is 8.76. The van der Waals surface area contributed by atoms with Gasteiger partial charge in [-0.2, -0.15) is 4.31 Å². The Bertz CT molecular complexity index is 1070. The quantitative estimate of drug-likeness (QED) is 0.590. The Kier molecular flexibility index (Phi) is 7.92. The Morgan fingerprint density at radius 1 is 1.00 bits per heavy atom. The molecule has 1 saturated heterocycles. The molecule has 0 aromatic heterocycles. The van der Waals surface area contributed by atoms with E-state index < -0.39 is 10.0 Å². The van der Waals surface area contributed by atoms with Crippen LogP contribution < -0.4 is 10.1 Å². The second-order valence-corrected chi connectivity index (χ2v) is 10.7. The van der Waals surface area contributed by atoms with Crippen molar-refractivity contribution in [3.05, 3.63) is 59.7 Å². The van der Waals surface area contributed by atoms with E-state index in [9.17, 15) is 18.0 Å². The number of Topliss-reactive ketones (excluding diaryl/α,β-unsaturated/α-hetero) is 1. The molecule has 1 amide bonds. The minimum absolute atomic E-state index is 0.0487. The van der Waals surface area contributed by atoms with Crippen molar-refractivity contribution in [2.75, 3.05) is 20.2 Å². The number of nitrogens with zero attached hydrogens (tertiary/aromatic N) is 1. The molecule has 3 rings (SSSR count). The summed E-state index contributed by atoms with van der Waals surface area (Å²) in [7, 11) is -2.05. The first-order valence-corrected chi connectivity index (χ1v) is 12.6. The number of methoxy groups -OCH3 is 1. The van der Waals surface area contributed by atoms with Gasteiger partial charge in [-0.05, 0) is 55.5 Å². The maximum Gasteiger partial charge on any atom is 0.243 e. The second kappa shape index (κ2) is 10.5. The molecule has 0 spiro atoms. The molecule has 1 aliphatic heterocycles. The Balaban J connectivity index is 1.63. The van der Waals surface area contributed by atoms with Crippen LogP contribution >= 0.6 is 0 Å². The molecule has 0 aliphatic carbocycles. The van der Waals surface area contributed by atoms with Crippen LogP contribution in [0, 0.1) is 11.8 Å². The van der Waals surface area contributed by atoms with Gasteiger partial charge in [0, 0.05) is 24.6 Å². The van der Waals surface area contributed by atoms with Crippen molar-refractivity contribution in [1.82, 2.24) is 9.62 Å². The Labute approximate surface area is 196 Å². The summed E-state index contributed by atoms with van der Waals surface area (Å²) in [4.78, 5) is 24.6. The summed E-state index contributed by atoms with van der Waals surface area (Å²) >= 11 is 0. The Hall–Kier alpha value is -2.71. The van der Waals surface area contributed by atoms with Gasteiger partial charge in [0.15, 0.2) is 5.78 Å². The van der Waals surface area contributed by atoms with Gasteiger partial charge in [0.2, 0.25) is 15.9 Å². The number of carbonyl (C=O) groups is 2. The van der Waals surface area contributed by atoms with Crippen molar-refractivity contribution in [2.45, 2.75) is 44.6 Å². The minimum Gasteiger partial charge on any atom is -0.497 e. The van der Waals surface area contributed by atoms with Crippen LogP contribution in [0.1, 0.15) is 55.6 Å². The molecule has 1 unspecified atom stereocenters. The average molecular weight is 473 g/mol. The van der Waals surface area contributed by atoms with E-state index in [1.54, 1.807) is 7.11 Å².